The molecular formula is C21H20FN3O2. The molecule has 27 heavy (non-hydrogen) atoms. The molecule has 1 atom stereocenters. The van der Waals surface area contributed by atoms with Crippen LogP contribution in [0.25, 0.3) is 0 Å². The van der Waals surface area contributed by atoms with Crippen LogP contribution in [0.1, 0.15) is 18.5 Å². The van der Waals surface area contributed by atoms with E-state index in [4.69, 9.17) is 4.74 Å². The Balaban J connectivity index is 1.89. The molecule has 0 aliphatic carbocycles. The largest absolute Gasteiger partial charge is 0.497 e. The van der Waals surface area contributed by atoms with E-state index in [2.05, 4.69) is 10.3 Å². The minimum Gasteiger partial charge on any atom is -0.497 e. The van der Waals surface area contributed by atoms with E-state index in [0.717, 1.165) is 22.5 Å². The normalized spacial score (nSPS) is 19.4. The van der Waals surface area contributed by atoms with Gasteiger partial charge in [-0.05, 0) is 48.9 Å². The third-order valence-electron chi connectivity index (χ3n) is 4.92. The molecule has 2 aliphatic rings. The van der Waals surface area contributed by atoms with Crippen LogP contribution >= 0.6 is 0 Å². The lowest BCUT2D eigenvalue weighted by atomic mass is 9.96. The number of fused-ring (bicyclic) bond motifs is 1. The molecule has 0 bridgehead atoms. The maximum absolute atomic E-state index is 13.5. The summed E-state index contributed by atoms with van der Waals surface area (Å²) >= 11 is 0. The van der Waals surface area contributed by atoms with E-state index in [-0.39, 0.29) is 17.8 Å². The van der Waals surface area contributed by atoms with Gasteiger partial charge in [0.05, 0.1) is 19.7 Å². The number of hydrogen-bond acceptors (Lipinski definition) is 4. The van der Waals surface area contributed by atoms with E-state index in [0.29, 0.717) is 24.6 Å². The fourth-order valence-corrected chi connectivity index (χ4v) is 3.62. The molecule has 0 spiro atoms. The van der Waals surface area contributed by atoms with E-state index in [9.17, 15) is 9.18 Å². The fraction of sp³-hybridized carbons (Fsp3) is 0.238. The summed E-state index contributed by atoms with van der Waals surface area (Å²) in [6.45, 7) is 3.18. The molecule has 2 aromatic carbocycles. The van der Waals surface area contributed by atoms with E-state index >= 15 is 0 Å². The Hall–Kier alpha value is -3.15. The molecule has 0 radical (unpaired) electrons. The molecule has 1 unspecified atom stereocenters. The Kier molecular flexibility index (Phi) is 4.39. The lowest BCUT2D eigenvalue weighted by Crippen LogP contribution is -2.30. The zero-order valence-corrected chi connectivity index (χ0v) is 15.2. The standard InChI is InChI=1S/C21H20FN3O2/c1-13-18-19(24-12-11-23-13)21(26)25(16-7-9-17(27-2)10-8-16)20(18)14-3-5-15(22)6-4-14/h3-10,20,23H,11-12H2,1-2H3. The van der Waals surface area contributed by atoms with Crippen LogP contribution in [0, 0.1) is 5.82 Å². The van der Waals surface area contributed by atoms with Crippen LogP contribution < -0.4 is 15.0 Å². The monoisotopic (exact) mass is 365 g/mol. The minimum absolute atomic E-state index is 0.146. The van der Waals surface area contributed by atoms with Gasteiger partial charge in [0.15, 0.2) is 0 Å². The van der Waals surface area contributed by atoms with Gasteiger partial charge < -0.3 is 10.1 Å². The number of amides is 1. The molecule has 1 fully saturated rings. The second-order valence-corrected chi connectivity index (χ2v) is 6.52. The Morgan fingerprint density at radius 3 is 2.52 bits per heavy atom. The number of halogens is 1. The number of hydrogen-bond donors (Lipinski definition) is 1. The fourth-order valence-electron chi connectivity index (χ4n) is 3.62. The van der Waals surface area contributed by atoms with Crippen LogP contribution in [0.2, 0.25) is 0 Å². The van der Waals surface area contributed by atoms with Gasteiger partial charge in [0.2, 0.25) is 0 Å². The molecule has 2 heterocycles. The topological polar surface area (TPSA) is 53.9 Å². The minimum atomic E-state index is -0.365. The average Bonchev–Trinajstić information content (AvgIpc) is 2.84. The SMILES string of the molecule is COc1ccc(N2C(=O)C3=NCCNC(C)=C3C2c2ccc(F)cc2)cc1. The van der Waals surface area contributed by atoms with Gasteiger partial charge in [-0.25, -0.2) is 4.39 Å². The molecule has 0 aromatic heterocycles. The Labute approximate surface area is 157 Å². The first kappa shape index (κ1) is 17.3. The summed E-state index contributed by atoms with van der Waals surface area (Å²) in [4.78, 5) is 19.5. The molecule has 4 rings (SSSR count). The van der Waals surface area contributed by atoms with Gasteiger partial charge in [0.25, 0.3) is 5.91 Å². The first-order valence-corrected chi connectivity index (χ1v) is 8.82. The van der Waals surface area contributed by atoms with Crippen molar-refractivity contribution >= 4 is 17.3 Å². The highest BCUT2D eigenvalue weighted by Crippen LogP contribution is 2.41. The molecule has 6 heteroatoms. The second kappa shape index (κ2) is 6.87. The number of methoxy groups -OCH3 is 1. The maximum Gasteiger partial charge on any atom is 0.277 e. The van der Waals surface area contributed by atoms with Crippen LogP contribution in [0.3, 0.4) is 0 Å². The molecule has 1 saturated heterocycles. The number of allylic oxidation sites excluding steroid dienone is 1. The number of carbonyl (C=O) groups excluding carboxylic acids is 1. The quantitative estimate of drug-likeness (QED) is 0.909. The first-order chi connectivity index (χ1) is 13.1. The maximum atomic E-state index is 13.5. The van der Waals surface area contributed by atoms with Gasteiger partial charge in [-0.2, -0.15) is 0 Å². The summed E-state index contributed by atoms with van der Waals surface area (Å²) < 4.78 is 18.7. The van der Waals surface area contributed by atoms with Crippen LogP contribution in [0.15, 0.2) is 64.8 Å². The number of aliphatic imine (C=N–C) groups is 1. The Morgan fingerprint density at radius 2 is 1.85 bits per heavy atom. The van der Waals surface area contributed by atoms with Crippen molar-refractivity contribution in [2.45, 2.75) is 13.0 Å². The van der Waals surface area contributed by atoms with Gasteiger partial charge in [0.1, 0.15) is 17.3 Å². The van der Waals surface area contributed by atoms with Crippen molar-refractivity contribution in [2.24, 2.45) is 4.99 Å². The molecule has 2 aliphatic heterocycles. The summed E-state index contributed by atoms with van der Waals surface area (Å²) in [5.74, 6) is 0.262. The smallest absolute Gasteiger partial charge is 0.277 e. The van der Waals surface area contributed by atoms with E-state index < -0.39 is 0 Å². The summed E-state index contributed by atoms with van der Waals surface area (Å²) in [5, 5.41) is 3.33. The number of carbonyl (C=O) groups is 1. The third-order valence-corrected chi connectivity index (χ3v) is 4.92. The van der Waals surface area contributed by atoms with Crippen molar-refractivity contribution in [3.63, 3.8) is 0 Å². The molecule has 1 N–H and O–H groups in total. The summed E-state index contributed by atoms with van der Waals surface area (Å²) in [7, 11) is 1.60. The predicted octanol–water partition coefficient (Wildman–Crippen LogP) is 3.24. The van der Waals surface area contributed by atoms with Crippen LogP contribution in [0.4, 0.5) is 10.1 Å². The highest BCUT2D eigenvalue weighted by molar-refractivity contribution is 6.53. The van der Waals surface area contributed by atoms with E-state index in [1.54, 1.807) is 24.1 Å². The zero-order chi connectivity index (χ0) is 19.0. The highest BCUT2D eigenvalue weighted by atomic mass is 19.1. The van der Waals surface area contributed by atoms with Gasteiger partial charge in [-0.15, -0.1) is 0 Å². The van der Waals surface area contributed by atoms with Crippen LogP contribution in [0.5, 0.6) is 5.75 Å². The summed E-state index contributed by atoms with van der Waals surface area (Å²) in [6, 6.07) is 13.2. The number of benzene rings is 2. The molecule has 138 valence electrons. The number of rotatable bonds is 3. The van der Waals surface area contributed by atoms with Gasteiger partial charge in [-0.1, -0.05) is 12.1 Å². The molecule has 5 nitrogen and oxygen atoms in total. The summed E-state index contributed by atoms with van der Waals surface area (Å²) in [5.41, 5.74) is 3.82. The van der Waals surface area contributed by atoms with E-state index in [1.165, 1.54) is 12.1 Å². The van der Waals surface area contributed by atoms with Crippen LogP contribution in [-0.2, 0) is 4.79 Å². The zero-order valence-electron chi connectivity index (χ0n) is 15.2. The van der Waals surface area contributed by atoms with Crippen LogP contribution in [-0.4, -0.2) is 31.8 Å². The first-order valence-electron chi connectivity index (χ1n) is 8.82. The molecule has 1 amide bonds. The van der Waals surface area contributed by atoms with Crippen molar-refractivity contribution in [1.29, 1.82) is 0 Å². The van der Waals surface area contributed by atoms with Crippen molar-refractivity contribution in [1.82, 2.24) is 5.32 Å². The van der Waals surface area contributed by atoms with Gasteiger partial charge in [0, 0.05) is 23.5 Å². The number of nitrogens with one attached hydrogen (secondary N) is 1. The predicted molar refractivity (Wildman–Crippen MR) is 103 cm³/mol. The van der Waals surface area contributed by atoms with Gasteiger partial charge >= 0.3 is 0 Å². The summed E-state index contributed by atoms with van der Waals surface area (Å²) in [6.07, 6.45) is 0. The molecule has 2 aromatic rings. The number of nitrogens with zero attached hydrogens (tertiary/aromatic N) is 2. The average molecular weight is 365 g/mol. The highest BCUT2D eigenvalue weighted by Gasteiger charge is 2.44. The lowest BCUT2D eigenvalue weighted by molar-refractivity contribution is -0.112. The molecule has 0 saturated carbocycles. The van der Waals surface area contributed by atoms with Crippen molar-refractivity contribution < 1.29 is 13.9 Å². The van der Waals surface area contributed by atoms with E-state index in [1.807, 2.05) is 31.2 Å². The van der Waals surface area contributed by atoms with Crippen molar-refractivity contribution in [3.05, 3.63) is 71.2 Å². The number of ether oxygens (including phenoxy) is 1. The Bertz CT molecular complexity index is 933. The van der Waals surface area contributed by atoms with Crippen molar-refractivity contribution in [2.75, 3.05) is 25.1 Å². The number of anilines is 1. The lowest BCUT2D eigenvalue weighted by Gasteiger charge is -2.26. The molecular weight excluding hydrogens is 345 g/mol. The second-order valence-electron chi connectivity index (χ2n) is 6.52. The van der Waals surface area contributed by atoms with Crippen molar-refractivity contribution in [3.8, 4) is 5.75 Å². The Morgan fingerprint density at radius 1 is 1.15 bits per heavy atom. The third kappa shape index (κ3) is 2.97. The van der Waals surface area contributed by atoms with Gasteiger partial charge in [-0.3, -0.25) is 14.7 Å².